The van der Waals surface area contributed by atoms with E-state index >= 15 is 0 Å². The van der Waals surface area contributed by atoms with Gasteiger partial charge in [0, 0.05) is 35.7 Å². The normalized spacial score (nSPS) is 10.9. The van der Waals surface area contributed by atoms with E-state index in [-0.39, 0.29) is 17.5 Å². The van der Waals surface area contributed by atoms with E-state index in [2.05, 4.69) is 15.3 Å². The average Bonchev–Trinajstić information content (AvgIpc) is 2.83. The van der Waals surface area contributed by atoms with Crippen LogP contribution < -0.4 is 11.1 Å². The van der Waals surface area contributed by atoms with E-state index < -0.39 is 4.92 Å². The number of nitrogen functional groups attached to an aromatic ring is 1. The van der Waals surface area contributed by atoms with E-state index in [1.54, 1.807) is 0 Å². The topological polar surface area (TPSA) is 112 Å². The fourth-order valence-corrected chi connectivity index (χ4v) is 2.73. The molecule has 0 spiro atoms. The van der Waals surface area contributed by atoms with E-state index in [0.717, 1.165) is 29.1 Å². The van der Waals surface area contributed by atoms with Crippen LogP contribution in [0.4, 0.5) is 17.5 Å². The summed E-state index contributed by atoms with van der Waals surface area (Å²) >= 11 is 6.03. The minimum absolute atomic E-state index is 0.155. The maximum absolute atomic E-state index is 10.7. The van der Waals surface area contributed by atoms with Crippen LogP contribution in [0.1, 0.15) is 5.56 Å². The van der Waals surface area contributed by atoms with Crippen LogP contribution >= 0.6 is 11.6 Å². The Kier molecular flexibility index (Phi) is 4.22. The molecule has 0 aliphatic heterocycles. The maximum atomic E-state index is 10.7. The van der Waals surface area contributed by atoms with Gasteiger partial charge < -0.3 is 15.6 Å². The van der Waals surface area contributed by atoms with Crippen LogP contribution in [-0.4, -0.2) is 26.0 Å². The third-order valence-electron chi connectivity index (χ3n) is 3.71. The molecule has 0 aliphatic rings. The lowest BCUT2D eigenvalue weighted by Gasteiger charge is -2.05. The van der Waals surface area contributed by atoms with Crippen molar-refractivity contribution in [3.63, 3.8) is 0 Å². The van der Waals surface area contributed by atoms with Crippen molar-refractivity contribution in [2.75, 3.05) is 17.6 Å². The van der Waals surface area contributed by atoms with Crippen LogP contribution in [0.25, 0.3) is 10.9 Å². The molecule has 0 aliphatic carbocycles. The van der Waals surface area contributed by atoms with Crippen LogP contribution in [0.15, 0.2) is 30.6 Å². The molecule has 8 nitrogen and oxygen atoms in total. The Morgan fingerprint density at radius 1 is 1.46 bits per heavy atom. The molecule has 0 radical (unpaired) electrons. The van der Waals surface area contributed by atoms with Crippen molar-refractivity contribution in [1.82, 2.24) is 14.5 Å². The minimum atomic E-state index is -0.611. The second-order valence-corrected chi connectivity index (χ2v) is 5.76. The predicted molar refractivity (Wildman–Crippen MR) is 93.2 cm³/mol. The van der Waals surface area contributed by atoms with Gasteiger partial charge in [-0.05, 0) is 24.1 Å². The van der Waals surface area contributed by atoms with Gasteiger partial charge in [-0.25, -0.2) is 4.98 Å². The summed E-state index contributed by atoms with van der Waals surface area (Å²) in [6.45, 7) is 0.568. The Bertz CT molecular complexity index is 924. The summed E-state index contributed by atoms with van der Waals surface area (Å²) in [5, 5.41) is 15.6. The van der Waals surface area contributed by atoms with Gasteiger partial charge in [-0.2, -0.15) is 4.98 Å². The van der Waals surface area contributed by atoms with E-state index in [9.17, 15) is 10.1 Å². The quantitative estimate of drug-likeness (QED) is 0.542. The van der Waals surface area contributed by atoms with Gasteiger partial charge in [0.1, 0.15) is 6.20 Å². The molecule has 3 rings (SSSR count). The molecule has 0 bridgehead atoms. The SMILES string of the molecule is Cn1cc(CCNc2ncc([N+](=O)[O-])c(N)n2)c2ccc(Cl)cc21. The smallest absolute Gasteiger partial charge is 0.329 e. The monoisotopic (exact) mass is 346 g/mol. The molecule has 24 heavy (non-hydrogen) atoms. The first-order valence-electron chi connectivity index (χ1n) is 7.20. The molecule has 3 aromatic rings. The van der Waals surface area contributed by atoms with Crippen LogP contribution in [0.3, 0.4) is 0 Å². The second-order valence-electron chi connectivity index (χ2n) is 5.32. The molecular formula is C15H15ClN6O2. The summed E-state index contributed by atoms with van der Waals surface area (Å²) in [4.78, 5) is 17.9. The predicted octanol–water partition coefficient (Wildman–Crippen LogP) is 2.77. The highest BCUT2D eigenvalue weighted by atomic mass is 35.5. The second kappa shape index (κ2) is 6.32. The Morgan fingerprint density at radius 2 is 2.25 bits per heavy atom. The number of nitrogens with two attached hydrogens (primary N) is 1. The molecule has 2 heterocycles. The number of rotatable bonds is 5. The molecule has 0 saturated carbocycles. The summed E-state index contributed by atoms with van der Waals surface area (Å²) in [6, 6.07) is 5.78. The minimum Gasteiger partial charge on any atom is -0.378 e. The average molecular weight is 347 g/mol. The van der Waals surface area contributed by atoms with E-state index in [4.69, 9.17) is 17.3 Å². The maximum Gasteiger partial charge on any atom is 0.329 e. The Balaban J connectivity index is 1.71. The first-order chi connectivity index (χ1) is 11.5. The van der Waals surface area contributed by atoms with E-state index in [1.165, 1.54) is 0 Å². The molecule has 0 atom stereocenters. The number of fused-ring (bicyclic) bond motifs is 1. The van der Waals surface area contributed by atoms with Crippen molar-refractivity contribution >= 4 is 40.0 Å². The standard InChI is InChI=1S/C15H15ClN6O2/c1-21-8-9(11-3-2-10(16)6-12(11)21)4-5-18-15-19-7-13(22(23)24)14(17)20-15/h2-3,6-8H,4-5H2,1H3,(H3,17,18,19,20). The summed E-state index contributed by atoms with van der Waals surface area (Å²) < 4.78 is 2.02. The molecule has 0 saturated heterocycles. The Morgan fingerprint density at radius 3 is 2.96 bits per heavy atom. The molecule has 2 aromatic heterocycles. The van der Waals surface area contributed by atoms with Crippen molar-refractivity contribution < 1.29 is 4.92 Å². The summed E-state index contributed by atoms with van der Waals surface area (Å²) in [7, 11) is 1.97. The zero-order valence-corrected chi connectivity index (χ0v) is 13.6. The van der Waals surface area contributed by atoms with Crippen LogP contribution in [0.2, 0.25) is 5.02 Å². The van der Waals surface area contributed by atoms with Crippen molar-refractivity contribution in [3.05, 3.63) is 51.3 Å². The van der Waals surface area contributed by atoms with Crippen molar-refractivity contribution in [3.8, 4) is 0 Å². The number of anilines is 2. The first kappa shape index (κ1) is 16.0. The van der Waals surface area contributed by atoms with Gasteiger partial charge in [0.15, 0.2) is 0 Å². The number of hydrogen-bond donors (Lipinski definition) is 2. The molecule has 0 unspecified atom stereocenters. The zero-order chi connectivity index (χ0) is 17.3. The molecule has 124 valence electrons. The van der Waals surface area contributed by atoms with Gasteiger partial charge in [0.05, 0.1) is 4.92 Å². The lowest BCUT2D eigenvalue weighted by atomic mass is 10.1. The highest BCUT2D eigenvalue weighted by Gasteiger charge is 2.14. The first-order valence-corrected chi connectivity index (χ1v) is 7.57. The van der Waals surface area contributed by atoms with Gasteiger partial charge in [-0.15, -0.1) is 0 Å². The third-order valence-corrected chi connectivity index (χ3v) is 3.94. The number of halogens is 1. The number of nitrogens with one attached hydrogen (secondary N) is 1. The number of aryl methyl sites for hydroxylation is 1. The van der Waals surface area contributed by atoms with E-state index in [1.807, 2.05) is 36.0 Å². The molecule has 0 fully saturated rings. The molecule has 1 aromatic carbocycles. The van der Waals surface area contributed by atoms with Crippen LogP contribution in [-0.2, 0) is 13.5 Å². The molecule has 3 N–H and O–H groups in total. The summed E-state index contributed by atoms with van der Waals surface area (Å²) in [5.41, 5.74) is 7.47. The van der Waals surface area contributed by atoms with Gasteiger partial charge in [0.25, 0.3) is 0 Å². The third kappa shape index (κ3) is 3.09. The number of nitro groups is 1. The Labute approximate surface area is 142 Å². The van der Waals surface area contributed by atoms with E-state index in [0.29, 0.717) is 11.6 Å². The summed E-state index contributed by atoms with van der Waals surface area (Å²) in [6.07, 6.45) is 3.89. The molecule has 0 amide bonds. The van der Waals surface area contributed by atoms with Gasteiger partial charge in [-0.3, -0.25) is 10.1 Å². The lowest BCUT2D eigenvalue weighted by Crippen LogP contribution is -2.10. The molecular weight excluding hydrogens is 332 g/mol. The fourth-order valence-electron chi connectivity index (χ4n) is 2.56. The van der Waals surface area contributed by atoms with Crippen LogP contribution in [0.5, 0.6) is 0 Å². The van der Waals surface area contributed by atoms with Crippen molar-refractivity contribution in [1.29, 1.82) is 0 Å². The largest absolute Gasteiger partial charge is 0.378 e. The van der Waals surface area contributed by atoms with Crippen LogP contribution in [0, 0.1) is 10.1 Å². The Hall–Kier alpha value is -2.87. The zero-order valence-electron chi connectivity index (χ0n) is 12.9. The van der Waals surface area contributed by atoms with Gasteiger partial charge in [-0.1, -0.05) is 17.7 Å². The molecule has 9 heteroatoms. The lowest BCUT2D eigenvalue weighted by molar-refractivity contribution is -0.384. The fraction of sp³-hybridized carbons (Fsp3) is 0.200. The number of nitrogens with zero attached hydrogens (tertiary/aromatic N) is 4. The van der Waals surface area contributed by atoms with Gasteiger partial charge in [0.2, 0.25) is 11.8 Å². The van der Waals surface area contributed by atoms with Gasteiger partial charge >= 0.3 is 5.69 Å². The number of benzene rings is 1. The van der Waals surface area contributed by atoms with Crippen molar-refractivity contribution in [2.24, 2.45) is 7.05 Å². The number of aromatic nitrogens is 3. The highest BCUT2D eigenvalue weighted by Crippen LogP contribution is 2.24. The number of hydrogen-bond acceptors (Lipinski definition) is 6. The summed E-state index contributed by atoms with van der Waals surface area (Å²) in [5.74, 6) is 0.110. The highest BCUT2D eigenvalue weighted by molar-refractivity contribution is 6.31. The van der Waals surface area contributed by atoms with Crippen molar-refractivity contribution in [2.45, 2.75) is 6.42 Å².